The second-order valence-electron chi connectivity index (χ2n) is 3.14. The number of halogens is 1. The van der Waals surface area contributed by atoms with Gasteiger partial charge in [0.25, 0.3) is 5.91 Å². The van der Waals surface area contributed by atoms with Crippen LogP contribution in [-0.4, -0.2) is 23.9 Å². The fraction of sp³-hybridized carbons (Fsp3) is 0.444. The minimum Gasteiger partial charge on any atom is -0.339 e. The lowest BCUT2D eigenvalue weighted by atomic mass is 10.3. The fourth-order valence-corrected chi connectivity index (χ4v) is 2.24. The molecule has 0 saturated heterocycles. The Morgan fingerprint density at radius 2 is 2.23 bits per heavy atom. The highest BCUT2D eigenvalue weighted by molar-refractivity contribution is 9.10. The van der Waals surface area contributed by atoms with Crippen LogP contribution in [0.25, 0.3) is 0 Å². The van der Waals surface area contributed by atoms with Crippen LogP contribution in [0.15, 0.2) is 15.9 Å². The van der Waals surface area contributed by atoms with Gasteiger partial charge in [-0.15, -0.1) is 11.3 Å². The lowest BCUT2D eigenvalue weighted by Gasteiger charge is -2.20. The van der Waals surface area contributed by atoms with Gasteiger partial charge in [-0.05, 0) is 35.8 Å². The molecule has 13 heavy (non-hydrogen) atoms. The number of nitrogens with zero attached hydrogens (tertiary/aromatic N) is 1. The molecule has 0 fully saturated rings. The molecule has 0 bridgehead atoms. The van der Waals surface area contributed by atoms with E-state index in [1.165, 1.54) is 11.3 Å². The monoisotopic (exact) mass is 261 g/mol. The third-order valence-corrected chi connectivity index (χ3v) is 3.55. The van der Waals surface area contributed by atoms with Gasteiger partial charge in [0, 0.05) is 22.9 Å². The van der Waals surface area contributed by atoms with E-state index in [9.17, 15) is 4.79 Å². The Hall–Kier alpha value is -0.350. The molecule has 0 unspecified atom stereocenters. The number of amides is 1. The quantitative estimate of drug-likeness (QED) is 0.802. The maximum absolute atomic E-state index is 11.7. The van der Waals surface area contributed by atoms with Crippen LogP contribution in [0.4, 0.5) is 0 Å². The van der Waals surface area contributed by atoms with Crippen molar-refractivity contribution in [3.8, 4) is 0 Å². The predicted molar refractivity (Wildman–Crippen MR) is 59.2 cm³/mol. The van der Waals surface area contributed by atoms with Crippen molar-refractivity contribution in [3.63, 3.8) is 0 Å². The number of carbonyl (C=O) groups is 1. The van der Waals surface area contributed by atoms with Crippen LogP contribution in [0.1, 0.15) is 23.5 Å². The highest BCUT2D eigenvalue weighted by Gasteiger charge is 2.15. The van der Waals surface area contributed by atoms with Crippen molar-refractivity contribution in [1.82, 2.24) is 4.90 Å². The average molecular weight is 262 g/mol. The molecule has 1 aromatic heterocycles. The first kappa shape index (κ1) is 10.7. The van der Waals surface area contributed by atoms with E-state index in [1.807, 2.05) is 32.3 Å². The van der Waals surface area contributed by atoms with Gasteiger partial charge < -0.3 is 4.90 Å². The van der Waals surface area contributed by atoms with Crippen LogP contribution < -0.4 is 0 Å². The molecule has 1 heterocycles. The Kier molecular flexibility index (Phi) is 3.50. The van der Waals surface area contributed by atoms with Crippen LogP contribution in [0, 0.1) is 0 Å². The summed E-state index contributed by atoms with van der Waals surface area (Å²) in [6, 6.07) is 2.10. The van der Waals surface area contributed by atoms with E-state index in [-0.39, 0.29) is 11.9 Å². The molecule has 0 atom stereocenters. The summed E-state index contributed by atoms with van der Waals surface area (Å²) in [5.41, 5.74) is 0. The van der Waals surface area contributed by atoms with Crippen molar-refractivity contribution >= 4 is 33.2 Å². The normalized spacial score (nSPS) is 10.5. The molecule has 4 heteroatoms. The average Bonchev–Trinajstić information content (AvgIpc) is 2.49. The topological polar surface area (TPSA) is 20.3 Å². The summed E-state index contributed by atoms with van der Waals surface area (Å²) in [6.45, 7) is 4.00. The molecule has 0 aliphatic carbocycles. The van der Waals surface area contributed by atoms with Crippen LogP contribution in [-0.2, 0) is 0 Å². The molecule has 0 N–H and O–H groups in total. The summed E-state index contributed by atoms with van der Waals surface area (Å²) in [7, 11) is 1.82. The van der Waals surface area contributed by atoms with Gasteiger partial charge in [0.05, 0.1) is 4.88 Å². The van der Waals surface area contributed by atoms with Crippen LogP contribution in [0.5, 0.6) is 0 Å². The maximum Gasteiger partial charge on any atom is 0.263 e. The van der Waals surface area contributed by atoms with Gasteiger partial charge >= 0.3 is 0 Å². The SMILES string of the molecule is CC(C)N(C)C(=O)c1cc(Br)cs1. The maximum atomic E-state index is 11.7. The van der Waals surface area contributed by atoms with Gasteiger partial charge in [-0.25, -0.2) is 0 Å². The Morgan fingerprint density at radius 1 is 1.62 bits per heavy atom. The van der Waals surface area contributed by atoms with Crippen LogP contribution in [0.2, 0.25) is 0 Å². The smallest absolute Gasteiger partial charge is 0.263 e. The predicted octanol–water partition coefficient (Wildman–Crippen LogP) is 2.99. The highest BCUT2D eigenvalue weighted by atomic mass is 79.9. The molecule has 0 aromatic carbocycles. The fourth-order valence-electron chi connectivity index (χ4n) is 0.834. The van der Waals surface area contributed by atoms with Crippen molar-refractivity contribution in [3.05, 3.63) is 20.8 Å². The van der Waals surface area contributed by atoms with Crippen LogP contribution >= 0.6 is 27.3 Å². The van der Waals surface area contributed by atoms with E-state index in [2.05, 4.69) is 15.9 Å². The zero-order valence-corrected chi connectivity index (χ0v) is 10.3. The summed E-state index contributed by atoms with van der Waals surface area (Å²) in [4.78, 5) is 14.2. The molecule has 1 aromatic rings. The minimum atomic E-state index is 0.0886. The van der Waals surface area contributed by atoms with Crippen molar-refractivity contribution in [2.75, 3.05) is 7.05 Å². The lowest BCUT2D eigenvalue weighted by Crippen LogP contribution is -2.32. The van der Waals surface area contributed by atoms with E-state index >= 15 is 0 Å². The molecule has 0 saturated carbocycles. The minimum absolute atomic E-state index is 0.0886. The Morgan fingerprint density at radius 3 is 2.62 bits per heavy atom. The number of rotatable bonds is 2. The molecule has 0 aliphatic rings. The molecule has 0 aliphatic heterocycles. The summed E-state index contributed by atoms with van der Waals surface area (Å²) in [6.07, 6.45) is 0. The van der Waals surface area contributed by atoms with Gasteiger partial charge in [0.2, 0.25) is 0 Å². The zero-order valence-electron chi connectivity index (χ0n) is 7.87. The summed E-state index contributed by atoms with van der Waals surface area (Å²) in [5.74, 6) is 0.0886. The molecule has 0 radical (unpaired) electrons. The Balaban J connectivity index is 2.79. The summed E-state index contributed by atoms with van der Waals surface area (Å²) >= 11 is 4.79. The van der Waals surface area contributed by atoms with Gasteiger partial charge in [-0.1, -0.05) is 0 Å². The lowest BCUT2D eigenvalue weighted by molar-refractivity contribution is 0.0760. The summed E-state index contributed by atoms with van der Waals surface area (Å²) in [5, 5.41) is 1.92. The van der Waals surface area contributed by atoms with Crippen molar-refractivity contribution in [2.24, 2.45) is 0 Å². The van der Waals surface area contributed by atoms with E-state index < -0.39 is 0 Å². The van der Waals surface area contributed by atoms with Crippen molar-refractivity contribution < 1.29 is 4.79 Å². The van der Waals surface area contributed by atoms with Crippen molar-refractivity contribution in [1.29, 1.82) is 0 Å². The molecule has 2 nitrogen and oxygen atoms in total. The molecule has 72 valence electrons. The van der Waals surface area contributed by atoms with E-state index in [0.29, 0.717) is 0 Å². The number of hydrogen-bond acceptors (Lipinski definition) is 2. The van der Waals surface area contributed by atoms with E-state index in [0.717, 1.165) is 9.35 Å². The highest BCUT2D eigenvalue weighted by Crippen LogP contribution is 2.21. The summed E-state index contributed by atoms with van der Waals surface area (Å²) < 4.78 is 0.970. The molecule has 1 amide bonds. The first-order valence-corrected chi connectivity index (χ1v) is 5.71. The molecular weight excluding hydrogens is 250 g/mol. The van der Waals surface area contributed by atoms with E-state index in [4.69, 9.17) is 0 Å². The molecular formula is C9H12BrNOS. The van der Waals surface area contributed by atoms with Crippen LogP contribution in [0.3, 0.4) is 0 Å². The van der Waals surface area contributed by atoms with Gasteiger partial charge in [0.15, 0.2) is 0 Å². The second-order valence-corrected chi connectivity index (χ2v) is 4.97. The first-order valence-electron chi connectivity index (χ1n) is 4.03. The van der Waals surface area contributed by atoms with Gasteiger partial charge in [-0.3, -0.25) is 4.79 Å². The van der Waals surface area contributed by atoms with Gasteiger partial charge in [0.1, 0.15) is 0 Å². The largest absolute Gasteiger partial charge is 0.339 e. The third-order valence-electron chi connectivity index (χ3n) is 1.87. The van der Waals surface area contributed by atoms with Crippen molar-refractivity contribution in [2.45, 2.75) is 19.9 Å². The zero-order chi connectivity index (χ0) is 10.0. The Labute approximate surface area is 90.7 Å². The standard InChI is InChI=1S/C9H12BrNOS/c1-6(2)11(3)9(12)8-4-7(10)5-13-8/h4-6H,1-3H3. The molecule has 1 rings (SSSR count). The third kappa shape index (κ3) is 2.54. The second kappa shape index (κ2) is 4.24. The first-order chi connectivity index (χ1) is 6.02. The van der Waals surface area contributed by atoms with E-state index in [1.54, 1.807) is 4.90 Å². The number of thiophene rings is 1. The number of carbonyl (C=O) groups excluding carboxylic acids is 1. The number of hydrogen-bond donors (Lipinski definition) is 0. The van der Waals surface area contributed by atoms with Gasteiger partial charge in [-0.2, -0.15) is 0 Å². The Bertz CT molecular complexity index is 308. The molecule has 0 spiro atoms.